The second-order valence-corrected chi connectivity index (χ2v) is 3.24. The van der Waals surface area contributed by atoms with Crippen molar-refractivity contribution in [2.45, 2.75) is 13.8 Å². The van der Waals surface area contributed by atoms with Crippen molar-refractivity contribution in [2.75, 3.05) is 18.4 Å². The van der Waals surface area contributed by atoms with Crippen LogP contribution in [0, 0.1) is 0 Å². The molecule has 0 bridgehead atoms. The van der Waals surface area contributed by atoms with Gasteiger partial charge in [0.05, 0.1) is 6.20 Å². The molecule has 0 amide bonds. The highest BCUT2D eigenvalue weighted by Gasteiger charge is 2.17. The highest BCUT2D eigenvalue weighted by atomic mass is 16.5. The van der Waals surface area contributed by atoms with Crippen LogP contribution in [0.3, 0.4) is 0 Å². The van der Waals surface area contributed by atoms with E-state index in [0.29, 0.717) is 24.4 Å². The van der Waals surface area contributed by atoms with Crippen molar-refractivity contribution >= 4 is 16.9 Å². The highest BCUT2D eigenvalue weighted by molar-refractivity contribution is 5.84. The summed E-state index contributed by atoms with van der Waals surface area (Å²) in [5.74, 6) is 0. The third kappa shape index (κ3) is 1.40. The lowest BCUT2D eigenvalue weighted by molar-refractivity contribution is 0.140. The van der Waals surface area contributed by atoms with Gasteiger partial charge in [0.15, 0.2) is 0 Å². The van der Waals surface area contributed by atoms with Crippen LogP contribution in [0.25, 0.3) is 11.2 Å². The number of oxazole rings is 1. The first-order chi connectivity index (χ1) is 7.69. The number of hydrogen-bond acceptors (Lipinski definition) is 5. The number of rotatable bonds is 3. The summed E-state index contributed by atoms with van der Waals surface area (Å²) in [6.07, 6.45) is 1.43. The van der Waals surface area contributed by atoms with Gasteiger partial charge in [-0.3, -0.25) is 0 Å². The Bertz CT molecular complexity index is 563. The SMILES string of the molecule is CCN=c1oc2c(NCC)cn(O)c2n1O. The molecule has 0 saturated heterocycles. The van der Waals surface area contributed by atoms with E-state index < -0.39 is 0 Å². The standard InChI is InChI=1S/C9H14N4O3/c1-3-10-6-5-12(14)8-7(6)16-9(11-4-2)13(8)15/h5,10,14-15H,3-4H2,1-2H3. The zero-order valence-corrected chi connectivity index (χ0v) is 9.14. The number of anilines is 1. The molecule has 3 N–H and O–H groups in total. The van der Waals surface area contributed by atoms with E-state index in [1.165, 1.54) is 6.20 Å². The first-order valence-corrected chi connectivity index (χ1v) is 5.08. The van der Waals surface area contributed by atoms with Crippen molar-refractivity contribution in [1.29, 1.82) is 0 Å². The van der Waals surface area contributed by atoms with Gasteiger partial charge in [0, 0.05) is 13.1 Å². The molecule has 7 heteroatoms. The van der Waals surface area contributed by atoms with Crippen molar-refractivity contribution in [3.8, 4) is 0 Å². The van der Waals surface area contributed by atoms with Crippen molar-refractivity contribution in [3.63, 3.8) is 0 Å². The average Bonchev–Trinajstić information content (AvgIpc) is 2.71. The second kappa shape index (κ2) is 3.84. The van der Waals surface area contributed by atoms with Crippen LogP contribution in [-0.2, 0) is 0 Å². The molecule has 88 valence electrons. The normalized spacial score (nSPS) is 12.5. The molecule has 0 atom stereocenters. The molecule has 0 aliphatic rings. The summed E-state index contributed by atoms with van der Waals surface area (Å²) in [6, 6.07) is 0. The van der Waals surface area contributed by atoms with Crippen LogP contribution in [0.4, 0.5) is 5.69 Å². The van der Waals surface area contributed by atoms with Crippen LogP contribution in [0.15, 0.2) is 15.6 Å². The minimum atomic E-state index is 0.0649. The van der Waals surface area contributed by atoms with Gasteiger partial charge < -0.3 is 20.1 Å². The summed E-state index contributed by atoms with van der Waals surface area (Å²) in [5.41, 5.74) is 1.21. The van der Waals surface area contributed by atoms with Crippen LogP contribution < -0.4 is 11.0 Å². The van der Waals surface area contributed by atoms with Crippen molar-refractivity contribution in [1.82, 2.24) is 9.46 Å². The molecule has 0 saturated carbocycles. The molecule has 2 rings (SSSR count). The van der Waals surface area contributed by atoms with E-state index in [1.807, 2.05) is 13.8 Å². The van der Waals surface area contributed by atoms with Crippen LogP contribution >= 0.6 is 0 Å². The molecular weight excluding hydrogens is 212 g/mol. The summed E-state index contributed by atoms with van der Waals surface area (Å²) in [4.78, 5) is 3.95. The molecule has 0 fully saturated rings. The van der Waals surface area contributed by atoms with Crippen LogP contribution in [0.5, 0.6) is 0 Å². The first kappa shape index (κ1) is 10.5. The number of aromatic nitrogens is 2. The Labute approximate surface area is 91.2 Å². The zero-order chi connectivity index (χ0) is 11.7. The van der Waals surface area contributed by atoms with Crippen molar-refractivity contribution < 1.29 is 14.8 Å². The summed E-state index contributed by atoms with van der Waals surface area (Å²) >= 11 is 0. The maximum atomic E-state index is 9.70. The predicted octanol–water partition coefficient (Wildman–Crippen LogP) is 0.863. The summed E-state index contributed by atoms with van der Waals surface area (Å²) in [6.45, 7) is 4.92. The van der Waals surface area contributed by atoms with Gasteiger partial charge in [-0.25, -0.2) is 4.99 Å². The van der Waals surface area contributed by atoms with Crippen molar-refractivity contribution in [2.24, 2.45) is 4.99 Å². The largest absolute Gasteiger partial charge is 0.427 e. The van der Waals surface area contributed by atoms with E-state index in [1.54, 1.807) is 0 Å². The molecule has 0 aliphatic carbocycles. The monoisotopic (exact) mass is 226 g/mol. The molecule has 0 spiro atoms. The van der Waals surface area contributed by atoms with E-state index in [9.17, 15) is 10.4 Å². The summed E-state index contributed by atoms with van der Waals surface area (Å²) in [7, 11) is 0. The third-order valence-corrected chi connectivity index (χ3v) is 2.15. The lowest BCUT2D eigenvalue weighted by Gasteiger charge is -1.95. The Morgan fingerprint density at radius 3 is 2.81 bits per heavy atom. The summed E-state index contributed by atoms with van der Waals surface area (Å²) < 4.78 is 6.87. The van der Waals surface area contributed by atoms with Gasteiger partial charge in [-0.2, -0.15) is 4.73 Å². The lowest BCUT2D eigenvalue weighted by Crippen LogP contribution is -2.15. The molecule has 0 unspecified atom stereocenters. The van der Waals surface area contributed by atoms with Crippen molar-refractivity contribution in [3.05, 3.63) is 11.9 Å². The topological polar surface area (TPSA) is 87.9 Å². The fourth-order valence-electron chi connectivity index (χ4n) is 1.54. The van der Waals surface area contributed by atoms with Crippen LogP contribution in [-0.4, -0.2) is 33.0 Å². The fraction of sp³-hybridized carbons (Fsp3) is 0.444. The Morgan fingerprint density at radius 2 is 2.19 bits per heavy atom. The van der Waals surface area contributed by atoms with E-state index in [-0.39, 0.29) is 11.3 Å². The van der Waals surface area contributed by atoms with Crippen LogP contribution in [0.1, 0.15) is 13.8 Å². The second-order valence-electron chi connectivity index (χ2n) is 3.24. The molecule has 0 aliphatic heterocycles. The average molecular weight is 226 g/mol. The van der Waals surface area contributed by atoms with E-state index >= 15 is 0 Å². The van der Waals surface area contributed by atoms with E-state index in [0.717, 1.165) is 9.46 Å². The smallest absolute Gasteiger partial charge is 0.333 e. The number of fused-ring (bicyclic) bond motifs is 1. The van der Waals surface area contributed by atoms with Gasteiger partial charge in [0.2, 0.25) is 11.2 Å². The number of hydrogen-bond donors (Lipinski definition) is 3. The minimum Gasteiger partial charge on any atom is -0.427 e. The minimum absolute atomic E-state index is 0.0649. The van der Waals surface area contributed by atoms with Crippen LogP contribution in [0.2, 0.25) is 0 Å². The summed E-state index contributed by atoms with van der Waals surface area (Å²) in [5, 5.41) is 22.3. The molecular formula is C9H14N4O3. The molecule has 16 heavy (non-hydrogen) atoms. The highest BCUT2D eigenvalue weighted by Crippen LogP contribution is 2.23. The molecule has 2 heterocycles. The predicted molar refractivity (Wildman–Crippen MR) is 56.8 cm³/mol. The quantitative estimate of drug-likeness (QED) is 0.677. The van der Waals surface area contributed by atoms with Gasteiger partial charge in [0.25, 0.3) is 0 Å². The zero-order valence-electron chi connectivity index (χ0n) is 9.14. The molecule has 0 aromatic carbocycles. The third-order valence-electron chi connectivity index (χ3n) is 2.15. The Morgan fingerprint density at radius 1 is 1.44 bits per heavy atom. The van der Waals surface area contributed by atoms with Gasteiger partial charge in [-0.15, -0.1) is 4.73 Å². The Balaban J connectivity index is 2.71. The lowest BCUT2D eigenvalue weighted by atomic mass is 10.5. The maximum Gasteiger partial charge on any atom is 0.333 e. The molecule has 0 radical (unpaired) electrons. The Kier molecular flexibility index (Phi) is 2.51. The van der Waals surface area contributed by atoms with E-state index in [4.69, 9.17) is 4.42 Å². The molecule has 7 nitrogen and oxygen atoms in total. The van der Waals surface area contributed by atoms with Gasteiger partial charge in [-0.1, -0.05) is 0 Å². The first-order valence-electron chi connectivity index (χ1n) is 5.08. The van der Waals surface area contributed by atoms with E-state index in [2.05, 4.69) is 10.3 Å². The fourth-order valence-corrected chi connectivity index (χ4v) is 1.54. The molecule has 2 aromatic heterocycles. The Hall–Kier alpha value is -2.05. The number of nitrogens with zero attached hydrogens (tertiary/aromatic N) is 3. The van der Waals surface area contributed by atoms with Gasteiger partial charge >= 0.3 is 5.68 Å². The van der Waals surface area contributed by atoms with Gasteiger partial charge in [0.1, 0.15) is 5.69 Å². The van der Waals surface area contributed by atoms with Gasteiger partial charge in [-0.05, 0) is 13.8 Å². The number of nitrogens with one attached hydrogen (secondary N) is 1. The maximum absolute atomic E-state index is 9.70. The molecule has 2 aromatic rings.